The lowest BCUT2D eigenvalue weighted by atomic mass is 9.85. The van der Waals surface area contributed by atoms with Crippen LogP contribution in [0, 0.1) is 18.3 Å². The molecule has 0 aliphatic carbocycles. The lowest BCUT2D eigenvalue weighted by molar-refractivity contribution is -0.124. The van der Waals surface area contributed by atoms with E-state index in [1.807, 2.05) is 0 Å². The second kappa shape index (κ2) is 5.88. The summed E-state index contributed by atoms with van der Waals surface area (Å²) in [6.45, 7) is 9.21. The highest BCUT2D eigenvalue weighted by Gasteiger charge is 2.15. The molecule has 1 aromatic carbocycles. The Balaban J connectivity index is 2.84. The number of carbonyl (C=O) groups excluding carboxylic acids is 1. The van der Waals surface area contributed by atoms with E-state index in [-0.39, 0.29) is 5.41 Å². The number of benzene rings is 1. The summed E-state index contributed by atoms with van der Waals surface area (Å²) in [5.74, 6) is -0.482. The molecule has 0 spiro atoms. The zero-order chi connectivity index (χ0) is 14.6. The molecule has 0 saturated heterocycles. The molecule has 1 rings (SSSR count). The fourth-order valence-corrected chi connectivity index (χ4v) is 1.88. The van der Waals surface area contributed by atoms with Crippen molar-refractivity contribution in [1.29, 1.82) is 5.26 Å². The molecular formula is C16H22N2O. The molecule has 1 aromatic rings. The van der Waals surface area contributed by atoms with Gasteiger partial charge in [0.15, 0.2) is 6.07 Å². The Morgan fingerprint density at radius 2 is 2.00 bits per heavy atom. The predicted molar refractivity (Wildman–Crippen MR) is 76.8 cm³/mol. The number of hydrogen-bond donors (Lipinski definition) is 0. The van der Waals surface area contributed by atoms with Crippen LogP contribution in [0.3, 0.4) is 0 Å². The van der Waals surface area contributed by atoms with E-state index in [4.69, 9.17) is 5.26 Å². The standard InChI is InChI=1S/C16H22N2O/c1-12-6-7-14(16(2,3)4)10-13(12)8-9-18(5)15(19)11-17/h6-7,10H,8-9H2,1-5H3. The van der Waals surface area contributed by atoms with Crippen LogP contribution in [0.15, 0.2) is 18.2 Å². The highest BCUT2D eigenvalue weighted by molar-refractivity contribution is 5.90. The lowest BCUT2D eigenvalue weighted by Gasteiger charge is -2.21. The van der Waals surface area contributed by atoms with Crippen LogP contribution < -0.4 is 0 Å². The monoisotopic (exact) mass is 258 g/mol. The van der Waals surface area contributed by atoms with Gasteiger partial charge in [0.25, 0.3) is 0 Å². The van der Waals surface area contributed by atoms with Crippen molar-refractivity contribution < 1.29 is 4.79 Å². The molecule has 102 valence electrons. The van der Waals surface area contributed by atoms with E-state index in [2.05, 4.69) is 45.9 Å². The first kappa shape index (κ1) is 15.2. The lowest BCUT2D eigenvalue weighted by Crippen LogP contribution is -2.27. The maximum absolute atomic E-state index is 11.2. The van der Waals surface area contributed by atoms with Gasteiger partial charge in [0.2, 0.25) is 0 Å². The topological polar surface area (TPSA) is 44.1 Å². The normalized spacial score (nSPS) is 10.9. The second-order valence-electron chi connectivity index (χ2n) is 5.98. The Bertz CT molecular complexity index is 506. The number of likely N-dealkylation sites (N-methyl/N-ethyl adjacent to an activating group) is 1. The summed E-state index contributed by atoms with van der Waals surface area (Å²) in [6, 6.07) is 8.13. The minimum absolute atomic E-state index is 0.122. The number of aryl methyl sites for hydroxylation is 1. The maximum Gasteiger partial charge on any atom is 0.324 e. The van der Waals surface area contributed by atoms with E-state index in [9.17, 15) is 4.79 Å². The van der Waals surface area contributed by atoms with E-state index in [1.54, 1.807) is 13.1 Å². The van der Waals surface area contributed by atoms with Gasteiger partial charge in [0.1, 0.15) is 0 Å². The first-order chi connectivity index (χ1) is 8.75. The minimum Gasteiger partial charge on any atom is -0.333 e. The van der Waals surface area contributed by atoms with Crippen LogP contribution in [-0.4, -0.2) is 24.4 Å². The zero-order valence-electron chi connectivity index (χ0n) is 12.4. The third-order valence-corrected chi connectivity index (χ3v) is 3.37. The molecule has 1 amide bonds. The summed E-state index contributed by atoms with van der Waals surface area (Å²) in [7, 11) is 1.66. The summed E-state index contributed by atoms with van der Waals surface area (Å²) in [4.78, 5) is 12.7. The van der Waals surface area contributed by atoms with Crippen LogP contribution in [-0.2, 0) is 16.6 Å². The van der Waals surface area contributed by atoms with Crippen molar-refractivity contribution in [2.75, 3.05) is 13.6 Å². The SMILES string of the molecule is Cc1ccc(C(C)(C)C)cc1CCN(C)C(=O)C#N. The molecular weight excluding hydrogens is 236 g/mol. The number of amides is 1. The molecule has 0 saturated carbocycles. The van der Waals surface area contributed by atoms with Crippen LogP contribution in [0.25, 0.3) is 0 Å². The minimum atomic E-state index is -0.482. The average molecular weight is 258 g/mol. The first-order valence-electron chi connectivity index (χ1n) is 6.51. The molecule has 3 nitrogen and oxygen atoms in total. The first-order valence-corrected chi connectivity index (χ1v) is 6.51. The number of nitriles is 1. The van der Waals surface area contributed by atoms with Crippen molar-refractivity contribution in [3.05, 3.63) is 34.9 Å². The number of rotatable bonds is 3. The van der Waals surface area contributed by atoms with Crippen molar-refractivity contribution in [2.24, 2.45) is 0 Å². The molecule has 0 unspecified atom stereocenters. The van der Waals surface area contributed by atoms with Crippen molar-refractivity contribution >= 4 is 5.91 Å². The van der Waals surface area contributed by atoms with Crippen LogP contribution in [0.1, 0.15) is 37.5 Å². The molecule has 0 aromatic heterocycles. The van der Waals surface area contributed by atoms with Crippen LogP contribution in [0.5, 0.6) is 0 Å². The van der Waals surface area contributed by atoms with Gasteiger partial charge in [-0.2, -0.15) is 5.26 Å². The Kier molecular flexibility index (Phi) is 4.72. The Morgan fingerprint density at radius 1 is 1.37 bits per heavy atom. The van der Waals surface area contributed by atoms with Gasteiger partial charge >= 0.3 is 5.91 Å². The average Bonchev–Trinajstić information content (AvgIpc) is 2.35. The molecule has 3 heteroatoms. The molecule has 0 heterocycles. The Hall–Kier alpha value is -1.82. The van der Waals surface area contributed by atoms with E-state index < -0.39 is 5.91 Å². The van der Waals surface area contributed by atoms with Crippen molar-refractivity contribution in [3.63, 3.8) is 0 Å². The fraction of sp³-hybridized carbons (Fsp3) is 0.500. The van der Waals surface area contributed by atoms with Gasteiger partial charge in [-0.1, -0.05) is 39.0 Å². The summed E-state index contributed by atoms with van der Waals surface area (Å²) in [5, 5.41) is 8.57. The molecule has 0 aliphatic heterocycles. The second-order valence-corrected chi connectivity index (χ2v) is 5.98. The summed E-state index contributed by atoms with van der Waals surface area (Å²) in [6.07, 6.45) is 0.777. The van der Waals surface area contributed by atoms with Gasteiger partial charge in [-0.15, -0.1) is 0 Å². The van der Waals surface area contributed by atoms with Gasteiger partial charge in [-0.25, -0.2) is 0 Å². The van der Waals surface area contributed by atoms with Gasteiger partial charge in [-0.3, -0.25) is 4.79 Å². The third kappa shape index (κ3) is 4.10. The van der Waals surface area contributed by atoms with Crippen LogP contribution >= 0.6 is 0 Å². The number of hydrogen-bond acceptors (Lipinski definition) is 2. The largest absolute Gasteiger partial charge is 0.333 e. The van der Waals surface area contributed by atoms with E-state index in [1.165, 1.54) is 21.6 Å². The van der Waals surface area contributed by atoms with Crippen molar-refractivity contribution in [1.82, 2.24) is 4.90 Å². The zero-order valence-corrected chi connectivity index (χ0v) is 12.4. The molecule has 0 N–H and O–H groups in total. The Labute approximate surface area is 115 Å². The molecule has 0 radical (unpaired) electrons. The fourth-order valence-electron chi connectivity index (χ4n) is 1.88. The van der Waals surface area contributed by atoms with Gasteiger partial charge in [0.05, 0.1) is 0 Å². The highest BCUT2D eigenvalue weighted by Crippen LogP contribution is 2.24. The van der Waals surface area contributed by atoms with Gasteiger partial charge in [0, 0.05) is 13.6 Å². The van der Waals surface area contributed by atoms with E-state index in [0.29, 0.717) is 6.54 Å². The van der Waals surface area contributed by atoms with E-state index in [0.717, 1.165) is 6.42 Å². The summed E-state index contributed by atoms with van der Waals surface area (Å²) >= 11 is 0. The van der Waals surface area contributed by atoms with Gasteiger partial charge < -0.3 is 4.90 Å². The van der Waals surface area contributed by atoms with Crippen molar-refractivity contribution in [3.8, 4) is 6.07 Å². The van der Waals surface area contributed by atoms with E-state index >= 15 is 0 Å². The molecule has 0 fully saturated rings. The quantitative estimate of drug-likeness (QED) is 0.782. The molecule has 19 heavy (non-hydrogen) atoms. The summed E-state index contributed by atoms with van der Waals surface area (Å²) < 4.78 is 0. The van der Waals surface area contributed by atoms with Crippen LogP contribution in [0.4, 0.5) is 0 Å². The van der Waals surface area contributed by atoms with Crippen molar-refractivity contribution in [2.45, 2.75) is 39.5 Å². The third-order valence-electron chi connectivity index (χ3n) is 3.37. The number of nitrogens with zero attached hydrogens (tertiary/aromatic N) is 2. The molecule has 0 bridgehead atoms. The summed E-state index contributed by atoms with van der Waals surface area (Å²) in [5.41, 5.74) is 3.88. The highest BCUT2D eigenvalue weighted by atomic mass is 16.2. The predicted octanol–water partition coefficient (Wildman–Crippen LogP) is 2.82. The molecule has 0 atom stereocenters. The number of carbonyl (C=O) groups is 1. The smallest absolute Gasteiger partial charge is 0.324 e. The molecule has 0 aliphatic rings. The van der Waals surface area contributed by atoms with Crippen LogP contribution in [0.2, 0.25) is 0 Å². The Morgan fingerprint density at radius 3 is 2.53 bits per heavy atom. The van der Waals surface area contributed by atoms with Gasteiger partial charge in [-0.05, 0) is 35.4 Å². The maximum atomic E-state index is 11.2.